The lowest BCUT2D eigenvalue weighted by Crippen LogP contribution is -2.07. The van der Waals surface area contributed by atoms with Crippen LogP contribution in [0.3, 0.4) is 0 Å². The normalized spacial score (nSPS) is 21.7. The summed E-state index contributed by atoms with van der Waals surface area (Å²) in [6.45, 7) is 5.90. The van der Waals surface area contributed by atoms with Crippen molar-refractivity contribution in [3.8, 4) is 0 Å². The Balaban J connectivity index is 2.49. The minimum absolute atomic E-state index is 0.659. The third kappa shape index (κ3) is 2.60. The van der Waals surface area contributed by atoms with Gasteiger partial charge < -0.3 is 0 Å². The van der Waals surface area contributed by atoms with Crippen LogP contribution in [0.25, 0.3) is 0 Å². The second-order valence-corrected chi connectivity index (χ2v) is 5.14. The van der Waals surface area contributed by atoms with Gasteiger partial charge in [0.2, 0.25) is 0 Å². The summed E-state index contributed by atoms with van der Waals surface area (Å²) < 4.78 is 0.659. The molecule has 0 bridgehead atoms. The summed E-state index contributed by atoms with van der Waals surface area (Å²) >= 11 is 4.09. The smallest absolute Gasteiger partial charge is 0.0747 e. The van der Waals surface area contributed by atoms with Gasteiger partial charge in [0.1, 0.15) is 0 Å². The van der Waals surface area contributed by atoms with Crippen molar-refractivity contribution in [1.82, 2.24) is 0 Å². The van der Waals surface area contributed by atoms with Gasteiger partial charge in [0.15, 0.2) is 0 Å². The number of hydrogen-bond donors (Lipinski definition) is 0. The minimum atomic E-state index is 0.659. The Bertz CT molecular complexity index is 155. The Morgan fingerprint density at radius 1 is 1.45 bits per heavy atom. The van der Waals surface area contributed by atoms with Crippen LogP contribution in [-0.4, -0.2) is 16.1 Å². The maximum Gasteiger partial charge on any atom is 0.0747 e. The van der Waals surface area contributed by atoms with Gasteiger partial charge in [0, 0.05) is 0 Å². The van der Waals surface area contributed by atoms with E-state index in [-0.39, 0.29) is 0 Å². The Morgan fingerprint density at radius 3 is 2.55 bits per heavy atom. The van der Waals surface area contributed by atoms with Crippen molar-refractivity contribution in [1.29, 1.82) is 0 Å². The van der Waals surface area contributed by atoms with E-state index in [1.807, 2.05) is 29.6 Å². The van der Waals surface area contributed by atoms with E-state index in [4.69, 9.17) is 0 Å². The zero-order chi connectivity index (χ0) is 8.10. The molecule has 0 aliphatic carbocycles. The van der Waals surface area contributed by atoms with Crippen LogP contribution in [0.5, 0.6) is 0 Å². The largest absolute Gasteiger partial charge is 0.143 e. The zero-order valence-electron chi connectivity index (χ0n) is 6.88. The van der Waals surface area contributed by atoms with Gasteiger partial charge in [-0.15, -0.1) is 23.5 Å². The second-order valence-electron chi connectivity index (χ2n) is 2.42. The van der Waals surface area contributed by atoms with Crippen LogP contribution in [0.15, 0.2) is 24.3 Å². The average Bonchev–Trinajstić information content (AvgIpc) is 2.09. The summed E-state index contributed by atoms with van der Waals surface area (Å²) in [5, 5.41) is 0. The van der Waals surface area contributed by atoms with E-state index in [2.05, 4.69) is 19.6 Å². The molecule has 1 rings (SSSR count). The predicted molar refractivity (Wildman–Crippen MR) is 57.3 cm³/mol. The topological polar surface area (TPSA) is 0 Å². The molecule has 0 N–H and O–H groups in total. The first-order valence-corrected chi connectivity index (χ1v) is 6.00. The van der Waals surface area contributed by atoms with Crippen molar-refractivity contribution in [3.63, 3.8) is 0 Å². The van der Waals surface area contributed by atoms with Gasteiger partial charge in [0.25, 0.3) is 0 Å². The quantitative estimate of drug-likeness (QED) is 0.607. The molecule has 0 aromatic carbocycles. The Kier molecular flexibility index (Phi) is 4.16. The maximum absolute atomic E-state index is 3.81. The minimum Gasteiger partial charge on any atom is -0.143 e. The van der Waals surface area contributed by atoms with Crippen molar-refractivity contribution in [2.45, 2.75) is 17.9 Å². The first-order chi connectivity index (χ1) is 5.38. The van der Waals surface area contributed by atoms with Crippen LogP contribution in [0.2, 0.25) is 0 Å². The number of thioether (sulfide) groups is 2. The molecular weight excluding hydrogens is 172 g/mol. The van der Waals surface area contributed by atoms with Crippen LogP contribution in [-0.2, 0) is 0 Å². The van der Waals surface area contributed by atoms with Gasteiger partial charge in [-0.25, -0.2) is 0 Å². The first kappa shape index (κ1) is 9.27. The van der Waals surface area contributed by atoms with Crippen LogP contribution >= 0.6 is 23.5 Å². The third-order valence-corrected chi connectivity index (χ3v) is 4.68. The molecule has 0 unspecified atom stereocenters. The van der Waals surface area contributed by atoms with Gasteiger partial charge in [-0.1, -0.05) is 18.7 Å². The van der Waals surface area contributed by atoms with Gasteiger partial charge in [0.05, 0.1) is 4.58 Å². The summed E-state index contributed by atoms with van der Waals surface area (Å²) in [7, 11) is 0. The predicted octanol–water partition coefficient (Wildman–Crippen LogP) is 3.31. The van der Waals surface area contributed by atoms with Crippen molar-refractivity contribution in [3.05, 3.63) is 24.3 Å². The molecule has 0 amide bonds. The number of rotatable bonds is 2. The summed E-state index contributed by atoms with van der Waals surface area (Å²) in [5.41, 5.74) is 1.39. The standard InChI is InChI=1S/C9H14S2/c1-3-8(4-2)9-10-6-5-7-11-9/h3-4,9H,1,5-7H2,2H3/b8-4+. The average molecular weight is 186 g/mol. The second kappa shape index (κ2) is 4.94. The highest BCUT2D eigenvalue weighted by atomic mass is 32.2. The van der Waals surface area contributed by atoms with Gasteiger partial charge in [-0.3, -0.25) is 0 Å². The lowest BCUT2D eigenvalue weighted by atomic mass is 10.3. The molecule has 0 aromatic rings. The van der Waals surface area contributed by atoms with Crippen LogP contribution in [0.4, 0.5) is 0 Å². The highest BCUT2D eigenvalue weighted by Crippen LogP contribution is 2.35. The van der Waals surface area contributed by atoms with E-state index >= 15 is 0 Å². The molecule has 0 radical (unpaired) electrons. The van der Waals surface area contributed by atoms with Gasteiger partial charge in [-0.05, 0) is 30.4 Å². The van der Waals surface area contributed by atoms with E-state index in [0.29, 0.717) is 4.58 Å². The molecule has 0 atom stereocenters. The number of allylic oxidation sites excluding steroid dienone is 2. The molecule has 0 nitrogen and oxygen atoms in total. The van der Waals surface area contributed by atoms with E-state index < -0.39 is 0 Å². The monoisotopic (exact) mass is 186 g/mol. The van der Waals surface area contributed by atoms with Gasteiger partial charge >= 0.3 is 0 Å². The van der Waals surface area contributed by atoms with Crippen LogP contribution in [0.1, 0.15) is 13.3 Å². The molecule has 0 aromatic heterocycles. The summed E-state index contributed by atoms with van der Waals surface area (Å²) in [5.74, 6) is 2.62. The lowest BCUT2D eigenvalue weighted by Gasteiger charge is -2.21. The van der Waals surface area contributed by atoms with Gasteiger partial charge in [-0.2, -0.15) is 0 Å². The highest BCUT2D eigenvalue weighted by Gasteiger charge is 2.15. The van der Waals surface area contributed by atoms with Crippen molar-refractivity contribution < 1.29 is 0 Å². The molecule has 0 spiro atoms. The summed E-state index contributed by atoms with van der Waals surface area (Å²) in [6, 6.07) is 0. The fourth-order valence-electron chi connectivity index (χ4n) is 1.03. The Labute approximate surface area is 77.5 Å². The molecule has 1 heterocycles. The Morgan fingerprint density at radius 2 is 2.09 bits per heavy atom. The maximum atomic E-state index is 3.81. The SMILES string of the molecule is C=C/C(=C\C)C1SCCCS1. The molecule has 2 heteroatoms. The third-order valence-electron chi connectivity index (χ3n) is 1.67. The summed E-state index contributed by atoms with van der Waals surface area (Å²) in [4.78, 5) is 0. The Hall–Kier alpha value is 0.180. The van der Waals surface area contributed by atoms with Crippen molar-refractivity contribution in [2.75, 3.05) is 11.5 Å². The van der Waals surface area contributed by atoms with Crippen LogP contribution in [0, 0.1) is 0 Å². The molecular formula is C9H14S2. The zero-order valence-corrected chi connectivity index (χ0v) is 8.51. The van der Waals surface area contributed by atoms with E-state index in [1.165, 1.54) is 23.5 Å². The fourth-order valence-corrected chi connectivity index (χ4v) is 4.08. The van der Waals surface area contributed by atoms with E-state index in [0.717, 1.165) is 0 Å². The number of hydrogen-bond acceptors (Lipinski definition) is 2. The first-order valence-electron chi connectivity index (χ1n) is 3.90. The molecule has 62 valence electrons. The molecule has 1 fully saturated rings. The molecule has 1 aliphatic heterocycles. The fraction of sp³-hybridized carbons (Fsp3) is 0.556. The molecule has 11 heavy (non-hydrogen) atoms. The van der Waals surface area contributed by atoms with E-state index in [1.54, 1.807) is 0 Å². The summed E-state index contributed by atoms with van der Waals surface area (Å²) in [6.07, 6.45) is 5.51. The van der Waals surface area contributed by atoms with E-state index in [9.17, 15) is 0 Å². The van der Waals surface area contributed by atoms with Crippen molar-refractivity contribution >= 4 is 23.5 Å². The molecule has 1 saturated heterocycles. The highest BCUT2D eigenvalue weighted by molar-refractivity contribution is 8.17. The molecule has 0 saturated carbocycles. The molecule has 1 aliphatic rings. The lowest BCUT2D eigenvalue weighted by molar-refractivity contribution is 1.10. The van der Waals surface area contributed by atoms with Crippen molar-refractivity contribution in [2.24, 2.45) is 0 Å². The van der Waals surface area contributed by atoms with Crippen LogP contribution < -0.4 is 0 Å².